The molecule has 0 bridgehead atoms. The number of halogens is 2. The van der Waals surface area contributed by atoms with E-state index in [1.54, 1.807) is 19.2 Å². The van der Waals surface area contributed by atoms with Crippen LogP contribution in [-0.4, -0.2) is 22.2 Å². The van der Waals surface area contributed by atoms with Crippen LogP contribution in [0.25, 0.3) is 0 Å². The zero-order chi connectivity index (χ0) is 17.3. The number of nitrogens with zero attached hydrogens (tertiary/aromatic N) is 1. The van der Waals surface area contributed by atoms with E-state index in [2.05, 4.69) is 10.4 Å². The Morgan fingerprint density at radius 3 is 2.75 bits per heavy atom. The fourth-order valence-corrected chi connectivity index (χ4v) is 3.72. The summed E-state index contributed by atoms with van der Waals surface area (Å²) in [6.45, 7) is 0.308. The third kappa shape index (κ3) is 2.98. The van der Waals surface area contributed by atoms with Crippen LogP contribution < -0.4 is 10.9 Å². The molecule has 0 unspecified atom stereocenters. The fourth-order valence-electron chi connectivity index (χ4n) is 3.54. The average Bonchev–Trinajstić information content (AvgIpc) is 3.15. The van der Waals surface area contributed by atoms with Crippen molar-refractivity contribution in [2.45, 2.75) is 31.1 Å². The molecule has 7 heteroatoms. The van der Waals surface area contributed by atoms with Crippen LogP contribution in [0.3, 0.4) is 0 Å². The highest BCUT2D eigenvalue weighted by atomic mass is 35.5. The standard InChI is InChI=1S/C17H19ClFN3O2/c1-22-13(9-14(23)21-22)16(24)20-10-17(7-2-3-8-17)11-5-4-6-12(18)15(11)19/h4-6,9H,2-3,7-8,10H2,1H3,(H,20,24)(H,21,23). The van der Waals surface area contributed by atoms with Crippen molar-refractivity contribution in [1.29, 1.82) is 0 Å². The maximum absolute atomic E-state index is 14.5. The van der Waals surface area contributed by atoms with Crippen LogP contribution in [0.2, 0.25) is 5.02 Å². The molecular formula is C17H19ClFN3O2. The first kappa shape index (κ1) is 16.8. The molecule has 2 N–H and O–H groups in total. The maximum Gasteiger partial charge on any atom is 0.269 e. The summed E-state index contributed by atoms with van der Waals surface area (Å²) in [6, 6.07) is 6.25. The van der Waals surface area contributed by atoms with E-state index in [0.717, 1.165) is 25.7 Å². The fraction of sp³-hybridized carbons (Fsp3) is 0.412. The quantitative estimate of drug-likeness (QED) is 0.889. The van der Waals surface area contributed by atoms with Crippen LogP contribution in [0.15, 0.2) is 29.1 Å². The largest absolute Gasteiger partial charge is 0.350 e. The van der Waals surface area contributed by atoms with E-state index in [4.69, 9.17) is 11.6 Å². The van der Waals surface area contributed by atoms with Crippen LogP contribution in [0.1, 0.15) is 41.7 Å². The lowest BCUT2D eigenvalue weighted by Gasteiger charge is -2.30. The first-order valence-electron chi connectivity index (χ1n) is 7.92. The molecule has 2 aromatic rings. The number of nitrogens with one attached hydrogen (secondary N) is 2. The second-order valence-corrected chi connectivity index (χ2v) is 6.74. The zero-order valence-electron chi connectivity index (χ0n) is 13.4. The first-order valence-corrected chi connectivity index (χ1v) is 8.29. The minimum Gasteiger partial charge on any atom is -0.350 e. The van der Waals surface area contributed by atoms with Gasteiger partial charge < -0.3 is 5.32 Å². The Balaban J connectivity index is 1.85. The number of amides is 1. The smallest absolute Gasteiger partial charge is 0.269 e. The number of carbonyl (C=O) groups is 1. The first-order chi connectivity index (χ1) is 11.4. The molecule has 1 heterocycles. The van der Waals surface area contributed by atoms with Gasteiger partial charge in [-0.2, -0.15) is 0 Å². The number of hydrogen-bond donors (Lipinski definition) is 2. The molecule has 0 atom stereocenters. The van der Waals surface area contributed by atoms with Gasteiger partial charge in [0.2, 0.25) is 0 Å². The van der Waals surface area contributed by atoms with Crippen molar-refractivity contribution < 1.29 is 9.18 Å². The Bertz CT molecular complexity index is 821. The number of aromatic amines is 1. The second-order valence-electron chi connectivity index (χ2n) is 6.34. The molecule has 1 saturated carbocycles. The molecule has 1 aromatic carbocycles. The monoisotopic (exact) mass is 351 g/mol. The highest BCUT2D eigenvalue weighted by Gasteiger charge is 2.38. The molecule has 0 aliphatic heterocycles. The molecule has 0 spiro atoms. The Labute approximate surface area is 143 Å². The van der Waals surface area contributed by atoms with Crippen molar-refractivity contribution in [3.05, 3.63) is 56.7 Å². The molecule has 0 radical (unpaired) electrons. The Morgan fingerprint density at radius 2 is 2.12 bits per heavy atom. The predicted molar refractivity (Wildman–Crippen MR) is 89.9 cm³/mol. The molecule has 3 rings (SSSR count). The predicted octanol–water partition coefficient (Wildman–Crippen LogP) is 2.75. The van der Waals surface area contributed by atoms with Crippen molar-refractivity contribution in [3.63, 3.8) is 0 Å². The van der Waals surface area contributed by atoms with Crippen LogP contribution in [0.5, 0.6) is 0 Å². The van der Waals surface area contributed by atoms with Gasteiger partial charge >= 0.3 is 0 Å². The molecule has 0 saturated heterocycles. The van der Waals surface area contributed by atoms with Crippen molar-refractivity contribution in [3.8, 4) is 0 Å². The average molecular weight is 352 g/mol. The summed E-state index contributed by atoms with van der Waals surface area (Å²) in [5.41, 5.74) is 0.00869. The van der Waals surface area contributed by atoms with Gasteiger partial charge in [0, 0.05) is 25.1 Å². The lowest BCUT2D eigenvalue weighted by atomic mass is 9.78. The topological polar surface area (TPSA) is 66.9 Å². The molecule has 1 amide bonds. The molecule has 1 aromatic heterocycles. The third-order valence-corrected chi connectivity index (χ3v) is 5.10. The van der Waals surface area contributed by atoms with Crippen LogP contribution in [-0.2, 0) is 12.5 Å². The van der Waals surface area contributed by atoms with E-state index in [1.165, 1.54) is 16.8 Å². The summed E-state index contributed by atoms with van der Waals surface area (Å²) in [5.74, 6) is -0.770. The molecule has 1 aliphatic carbocycles. The molecule has 5 nitrogen and oxygen atoms in total. The Hall–Kier alpha value is -2.08. The van der Waals surface area contributed by atoms with E-state index in [-0.39, 0.29) is 22.2 Å². The normalized spacial score (nSPS) is 16.3. The van der Waals surface area contributed by atoms with Gasteiger partial charge in [-0.25, -0.2) is 4.39 Å². The lowest BCUT2D eigenvalue weighted by molar-refractivity contribution is 0.0933. The highest BCUT2D eigenvalue weighted by molar-refractivity contribution is 6.30. The summed E-state index contributed by atoms with van der Waals surface area (Å²) in [4.78, 5) is 23.7. The van der Waals surface area contributed by atoms with E-state index in [0.29, 0.717) is 12.1 Å². The van der Waals surface area contributed by atoms with Crippen LogP contribution >= 0.6 is 11.6 Å². The highest BCUT2D eigenvalue weighted by Crippen LogP contribution is 2.42. The van der Waals surface area contributed by atoms with E-state index < -0.39 is 11.2 Å². The molecule has 1 aliphatic rings. The lowest BCUT2D eigenvalue weighted by Crippen LogP contribution is -2.40. The van der Waals surface area contributed by atoms with Crippen molar-refractivity contribution in [2.24, 2.45) is 7.05 Å². The summed E-state index contributed by atoms with van der Waals surface area (Å²) in [5, 5.41) is 5.45. The number of hydrogen-bond acceptors (Lipinski definition) is 2. The Kier molecular flexibility index (Phi) is 4.49. The number of benzene rings is 1. The zero-order valence-corrected chi connectivity index (χ0v) is 14.1. The van der Waals surface area contributed by atoms with Crippen molar-refractivity contribution >= 4 is 17.5 Å². The number of aromatic nitrogens is 2. The minimum absolute atomic E-state index is 0.0955. The molecule has 1 fully saturated rings. The second kappa shape index (κ2) is 6.43. The summed E-state index contributed by atoms with van der Waals surface area (Å²) in [7, 11) is 1.60. The van der Waals surface area contributed by atoms with Crippen molar-refractivity contribution in [2.75, 3.05) is 6.54 Å². The van der Waals surface area contributed by atoms with Gasteiger partial charge in [0.05, 0.1) is 5.02 Å². The number of carbonyl (C=O) groups excluding carboxylic acids is 1. The molecular weight excluding hydrogens is 333 g/mol. The van der Waals surface area contributed by atoms with Crippen molar-refractivity contribution in [1.82, 2.24) is 15.1 Å². The van der Waals surface area contributed by atoms with Gasteiger partial charge in [0.15, 0.2) is 0 Å². The maximum atomic E-state index is 14.5. The van der Waals surface area contributed by atoms with E-state index in [9.17, 15) is 14.0 Å². The van der Waals surface area contributed by atoms with Gasteiger partial charge in [0.25, 0.3) is 11.5 Å². The van der Waals surface area contributed by atoms with Gasteiger partial charge in [-0.3, -0.25) is 19.4 Å². The molecule has 24 heavy (non-hydrogen) atoms. The van der Waals surface area contributed by atoms with E-state index >= 15 is 0 Å². The number of aryl methyl sites for hydroxylation is 1. The summed E-state index contributed by atoms with van der Waals surface area (Å²) < 4.78 is 15.9. The third-order valence-electron chi connectivity index (χ3n) is 4.81. The van der Waals surface area contributed by atoms with Crippen LogP contribution in [0.4, 0.5) is 4.39 Å². The van der Waals surface area contributed by atoms with Crippen LogP contribution in [0, 0.1) is 5.82 Å². The van der Waals surface area contributed by atoms with Gasteiger partial charge in [-0.05, 0) is 24.5 Å². The number of H-pyrrole nitrogens is 1. The Morgan fingerprint density at radius 1 is 1.42 bits per heavy atom. The minimum atomic E-state index is -0.459. The van der Waals surface area contributed by atoms with Gasteiger partial charge in [-0.15, -0.1) is 0 Å². The SMILES string of the molecule is Cn1[nH]c(=O)cc1C(=O)NCC1(c2cccc(Cl)c2F)CCCC1. The molecule has 128 valence electrons. The van der Waals surface area contributed by atoms with E-state index in [1.807, 2.05) is 0 Å². The van der Waals surface area contributed by atoms with Gasteiger partial charge in [-0.1, -0.05) is 36.6 Å². The number of rotatable bonds is 4. The summed E-state index contributed by atoms with van der Waals surface area (Å²) >= 11 is 5.93. The van der Waals surface area contributed by atoms with Gasteiger partial charge in [0.1, 0.15) is 11.5 Å². The summed E-state index contributed by atoms with van der Waals surface area (Å²) in [6.07, 6.45) is 3.53.